The Balaban J connectivity index is 2.37. The number of nitrogens with two attached hydrogens (primary N) is 2. The minimum atomic E-state index is -0.528. The molecule has 1 fully saturated rings. The molecule has 0 spiro atoms. The molecule has 4 N–H and O–H groups in total. The Morgan fingerprint density at radius 3 is 2.35 bits per heavy atom. The van der Waals surface area contributed by atoms with Crippen molar-refractivity contribution in [2.45, 2.75) is 19.8 Å². The van der Waals surface area contributed by atoms with E-state index in [-0.39, 0.29) is 5.91 Å². The number of amides is 2. The molecule has 0 aliphatic carbocycles. The first-order valence-corrected chi connectivity index (χ1v) is 6.32. The number of hydrogen-bond acceptors (Lipinski definition) is 4. The molecule has 92 valence electrons. The molecule has 1 aromatic heterocycles. The topological polar surface area (TPSA) is 89.4 Å². The van der Waals surface area contributed by atoms with E-state index in [1.807, 2.05) is 0 Å². The van der Waals surface area contributed by atoms with Gasteiger partial charge in [0.05, 0.1) is 15.4 Å². The van der Waals surface area contributed by atoms with Crippen molar-refractivity contribution in [1.29, 1.82) is 0 Å². The lowest BCUT2D eigenvalue weighted by atomic mass is 10.1. The fraction of sp³-hybridized carbons (Fsp3) is 0.455. The summed E-state index contributed by atoms with van der Waals surface area (Å²) in [5.74, 6) is -0.610. The van der Waals surface area contributed by atoms with Crippen molar-refractivity contribution in [1.82, 2.24) is 4.90 Å². The average molecular weight is 253 g/mol. The van der Waals surface area contributed by atoms with Gasteiger partial charge in [0.1, 0.15) is 0 Å². The fourth-order valence-corrected chi connectivity index (χ4v) is 3.03. The Labute approximate surface area is 103 Å². The van der Waals surface area contributed by atoms with E-state index >= 15 is 0 Å². The van der Waals surface area contributed by atoms with Crippen LogP contribution < -0.4 is 11.5 Å². The number of carbonyl (C=O) groups excluding carboxylic acids is 2. The molecule has 1 aromatic rings. The van der Waals surface area contributed by atoms with Gasteiger partial charge < -0.3 is 16.4 Å². The van der Waals surface area contributed by atoms with Crippen LogP contribution in [0.25, 0.3) is 0 Å². The van der Waals surface area contributed by atoms with Gasteiger partial charge in [0.2, 0.25) is 0 Å². The van der Waals surface area contributed by atoms with Crippen LogP contribution in [0.3, 0.4) is 0 Å². The van der Waals surface area contributed by atoms with Crippen molar-refractivity contribution in [3.05, 3.63) is 16.0 Å². The second-order valence-corrected chi connectivity index (χ2v) is 5.21. The van der Waals surface area contributed by atoms with Crippen molar-refractivity contribution in [3.63, 3.8) is 0 Å². The van der Waals surface area contributed by atoms with Gasteiger partial charge in [-0.25, -0.2) is 0 Å². The molecule has 2 heterocycles. The normalized spacial score (nSPS) is 15.2. The van der Waals surface area contributed by atoms with Crippen molar-refractivity contribution < 1.29 is 9.59 Å². The van der Waals surface area contributed by atoms with E-state index in [9.17, 15) is 9.59 Å². The molecule has 5 nitrogen and oxygen atoms in total. The molecule has 0 saturated carbocycles. The SMILES string of the molecule is Cc1c(C(N)=O)sc(N)c1C(=O)N1CCCC1. The molecule has 2 rings (SSSR count). The maximum atomic E-state index is 12.2. The van der Waals surface area contributed by atoms with Gasteiger partial charge in [-0.1, -0.05) is 0 Å². The number of thiophene rings is 1. The highest BCUT2D eigenvalue weighted by Crippen LogP contribution is 2.31. The maximum Gasteiger partial charge on any atom is 0.259 e. The van der Waals surface area contributed by atoms with Crippen molar-refractivity contribution in [2.24, 2.45) is 5.73 Å². The summed E-state index contributed by atoms with van der Waals surface area (Å²) < 4.78 is 0. The van der Waals surface area contributed by atoms with E-state index < -0.39 is 5.91 Å². The van der Waals surface area contributed by atoms with Crippen molar-refractivity contribution in [3.8, 4) is 0 Å². The number of primary amides is 1. The summed E-state index contributed by atoms with van der Waals surface area (Å²) in [6.07, 6.45) is 2.05. The van der Waals surface area contributed by atoms with Crippen LogP contribution in [0.15, 0.2) is 0 Å². The summed E-state index contributed by atoms with van der Waals surface area (Å²) in [7, 11) is 0. The first-order chi connectivity index (χ1) is 8.02. The highest BCUT2D eigenvalue weighted by Gasteiger charge is 2.27. The molecule has 2 amide bonds. The summed E-state index contributed by atoms with van der Waals surface area (Å²) in [6, 6.07) is 0. The highest BCUT2D eigenvalue weighted by atomic mass is 32.1. The summed E-state index contributed by atoms with van der Waals surface area (Å²) in [5, 5.41) is 0.383. The number of rotatable bonds is 2. The lowest BCUT2D eigenvalue weighted by molar-refractivity contribution is 0.0793. The molecule has 1 aliphatic heterocycles. The lowest BCUT2D eigenvalue weighted by Gasteiger charge is -2.15. The monoisotopic (exact) mass is 253 g/mol. The lowest BCUT2D eigenvalue weighted by Crippen LogP contribution is -2.28. The Morgan fingerprint density at radius 1 is 1.29 bits per heavy atom. The summed E-state index contributed by atoms with van der Waals surface area (Å²) in [5.41, 5.74) is 12.1. The van der Waals surface area contributed by atoms with E-state index in [0.29, 0.717) is 21.0 Å². The number of carbonyl (C=O) groups is 2. The Kier molecular flexibility index (Phi) is 3.06. The van der Waals surface area contributed by atoms with Crippen LogP contribution in [0.5, 0.6) is 0 Å². The van der Waals surface area contributed by atoms with E-state index in [4.69, 9.17) is 11.5 Å². The van der Waals surface area contributed by atoms with Crippen LogP contribution in [0.1, 0.15) is 38.4 Å². The van der Waals surface area contributed by atoms with E-state index in [1.165, 1.54) is 0 Å². The van der Waals surface area contributed by atoms with Crippen LogP contribution in [-0.4, -0.2) is 29.8 Å². The van der Waals surface area contributed by atoms with E-state index in [2.05, 4.69) is 0 Å². The third kappa shape index (κ3) is 2.00. The predicted octanol–water partition coefficient (Wildman–Crippen LogP) is 0.974. The van der Waals surface area contributed by atoms with Gasteiger partial charge in [0, 0.05) is 13.1 Å². The van der Waals surface area contributed by atoms with Crippen molar-refractivity contribution in [2.75, 3.05) is 18.8 Å². The fourth-order valence-electron chi connectivity index (χ4n) is 2.12. The predicted molar refractivity (Wildman–Crippen MR) is 67.1 cm³/mol. The molecular formula is C11H15N3O2S. The number of anilines is 1. The van der Waals surface area contributed by atoms with Gasteiger partial charge in [-0.2, -0.15) is 0 Å². The van der Waals surface area contributed by atoms with Crippen molar-refractivity contribution >= 4 is 28.2 Å². The molecule has 0 unspecified atom stereocenters. The zero-order valence-corrected chi connectivity index (χ0v) is 10.5. The molecule has 0 radical (unpaired) electrons. The molecular weight excluding hydrogens is 238 g/mol. The van der Waals surface area contributed by atoms with Gasteiger partial charge in [0.25, 0.3) is 11.8 Å². The third-order valence-electron chi connectivity index (χ3n) is 3.00. The zero-order chi connectivity index (χ0) is 12.6. The standard InChI is InChI=1S/C11H15N3O2S/c1-6-7(10(13)17-8(6)9(12)15)11(16)14-4-2-3-5-14/h2-5,13H2,1H3,(H2,12,15). The number of hydrogen-bond donors (Lipinski definition) is 2. The average Bonchev–Trinajstić information content (AvgIpc) is 2.86. The van der Waals surface area contributed by atoms with Crippen LogP contribution >= 0.6 is 11.3 Å². The molecule has 0 aromatic carbocycles. The second kappa shape index (κ2) is 4.37. The van der Waals surface area contributed by atoms with Gasteiger partial charge >= 0.3 is 0 Å². The summed E-state index contributed by atoms with van der Waals surface area (Å²) >= 11 is 1.09. The second-order valence-electron chi connectivity index (χ2n) is 4.16. The van der Waals surface area contributed by atoms with Gasteiger partial charge in [-0.15, -0.1) is 11.3 Å². The van der Waals surface area contributed by atoms with Crippen LogP contribution in [0.4, 0.5) is 5.00 Å². The molecule has 6 heteroatoms. The molecule has 0 atom stereocenters. The minimum absolute atomic E-state index is 0.0822. The van der Waals surface area contributed by atoms with Gasteiger partial charge in [0.15, 0.2) is 0 Å². The number of nitrogens with zero attached hydrogens (tertiary/aromatic N) is 1. The number of nitrogen functional groups attached to an aromatic ring is 1. The molecule has 17 heavy (non-hydrogen) atoms. The van der Waals surface area contributed by atoms with Crippen LogP contribution in [-0.2, 0) is 0 Å². The number of likely N-dealkylation sites (tertiary alicyclic amines) is 1. The highest BCUT2D eigenvalue weighted by molar-refractivity contribution is 7.18. The van der Waals surface area contributed by atoms with Crippen LogP contribution in [0, 0.1) is 6.92 Å². The molecule has 0 bridgehead atoms. The molecule has 1 aliphatic rings. The van der Waals surface area contributed by atoms with Gasteiger partial charge in [-0.3, -0.25) is 9.59 Å². The maximum absolute atomic E-state index is 12.2. The Hall–Kier alpha value is -1.56. The third-order valence-corrected chi connectivity index (χ3v) is 4.14. The largest absolute Gasteiger partial charge is 0.390 e. The van der Waals surface area contributed by atoms with Gasteiger partial charge in [-0.05, 0) is 25.3 Å². The molecule has 1 saturated heterocycles. The first kappa shape index (κ1) is 11.9. The Morgan fingerprint density at radius 2 is 1.88 bits per heavy atom. The first-order valence-electron chi connectivity index (χ1n) is 5.50. The van der Waals surface area contributed by atoms with E-state index in [0.717, 1.165) is 37.3 Å². The summed E-state index contributed by atoms with van der Waals surface area (Å²) in [6.45, 7) is 3.25. The Bertz CT molecular complexity index is 475. The van der Waals surface area contributed by atoms with Crippen LogP contribution in [0.2, 0.25) is 0 Å². The quantitative estimate of drug-likeness (QED) is 0.823. The van der Waals surface area contributed by atoms with E-state index in [1.54, 1.807) is 11.8 Å². The summed E-state index contributed by atoms with van der Waals surface area (Å²) in [4.78, 5) is 25.6. The zero-order valence-electron chi connectivity index (χ0n) is 9.66. The minimum Gasteiger partial charge on any atom is -0.390 e. The smallest absolute Gasteiger partial charge is 0.259 e.